The molecular weight excluding hydrogens is 150 g/mol. The Morgan fingerprint density at radius 3 is 2.83 bits per heavy atom. The molecule has 2 nitrogen and oxygen atoms in total. The zero-order valence-electron chi connectivity index (χ0n) is 7.21. The first-order valence-electron chi connectivity index (χ1n) is 4.53. The van der Waals surface area contributed by atoms with Crippen LogP contribution in [0, 0.1) is 0 Å². The third kappa shape index (κ3) is 1.34. The van der Waals surface area contributed by atoms with Crippen molar-refractivity contribution < 1.29 is 5.11 Å². The van der Waals surface area contributed by atoms with Crippen molar-refractivity contribution in [3.8, 4) is 0 Å². The lowest BCUT2D eigenvalue weighted by atomic mass is 9.89. The molecule has 2 unspecified atom stereocenters. The van der Waals surface area contributed by atoms with Crippen LogP contribution in [0.3, 0.4) is 0 Å². The van der Waals surface area contributed by atoms with Crippen molar-refractivity contribution in [3.05, 3.63) is 17.9 Å². The second kappa shape index (κ2) is 2.46. The number of fused-ring (bicyclic) bond motifs is 2. The van der Waals surface area contributed by atoms with Gasteiger partial charge in [0.15, 0.2) is 0 Å². The van der Waals surface area contributed by atoms with Gasteiger partial charge in [0.25, 0.3) is 0 Å². The van der Waals surface area contributed by atoms with Gasteiger partial charge in [-0.25, -0.2) is 0 Å². The molecule has 0 aromatic heterocycles. The van der Waals surface area contributed by atoms with Gasteiger partial charge in [0.1, 0.15) is 0 Å². The van der Waals surface area contributed by atoms with Crippen LogP contribution >= 0.6 is 0 Å². The number of aliphatic hydroxyl groups is 1. The molecule has 3 N–H and O–H groups in total. The van der Waals surface area contributed by atoms with Crippen molar-refractivity contribution in [1.29, 1.82) is 0 Å². The van der Waals surface area contributed by atoms with Gasteiger partial charge in [0.05, 0.1) is 5.60 Å². The highest BCUT2D eigenvalue weighted by atomic mass is 16.3. The number of hydrogen-bond donors (Lipinski definition) is 2. The third-order valence-electron chi connectivity index (χ3n) is 3.00. The first-order valence-corrected chi connectivity index (χ1v) is 4.53. The Morgan fingerprint density at radius 2 is 2.00 bits per heavy atom. The number of nitrogens with two attached hydrogens (primary N) is 1. The Hall–Kier alpha value is -0.560. The van der Waals surface area contributed by atoms with Gasteiger partial charge in [-0.3, -0.25) is 0 Å². The Bertz CT molecular complexity index is 233. The second-order valence-electron chi connectivity index (χ2n) is 4.25. The highest BCUT2D eigenvalue weighted by Crippen LogP contribution is 2.41. The van der Waals surface area contributed by atoms with Crippen molar-refractivity contribution in [2.45, 2.75) is 43.2 Å². The first kappa shape index (κ1) is 8.06. The zero-order valence-corrected chi connectivity index (χ0v) is 7.21. The van der Waals surface area contributed by atoms with Crippen LogP contribution < -0.4 is 5.73 Å². The molecule has 2 rings (SSSR count). The van der Waals surface area contributed by atoms with E-state index in [-0.39, 0.29) is 5.54 Å². The van der Waals surface area contributed by atoms with E-state index in [0.717, 1.165) is 25.7 Å². The molecule has 2 aliphatic rings. The first-order chi connectivity index (χ1) is 5.62. The fourth-order valence-electron chi connectivity index (χ4n) is 2.26. The van der Waals surface area contributed by atoms with Gasteiger partial charge in [0, 0.05) is 12.0 Å². The summed E-state index contributed by atoms with van der Waals surface area (Å²) in [5.74, 6) is 0. The van der Waals surface area contributed by atoms with Gasteiger partial charge >= 0.3 is 0 Å². The topological polar surface area (TPSA) is 46.2 Å². The molecule has 1 fully saturated rings. The molecule has 1 saturated carbocycles. The largest absolute Gasteiger partial charge is 0.389 e. The lowest BCUT2D eigenvalue weighted by Crippen LogP contribution is -2.39. The van der Waals surface area contributed by atoms with Crippen LogP contribution in [0.1, 0.15) is 32.1 Å². The standard InChI is InChI=1S/C10H15NO/c11-9-4-2-1-3-5-10(12,8-9)7-6-9/h2-3,12H,4-8,11H2. The lowest BCUT2D eigenvalue weighted by Gasteiger charge is -2.26. The third-order valence-corrected chi connectivity index (χ3v) is 3.00. The summed E-state index contributed by atoms with van der Waals surface area (Å²) in [6, 6.07) is 0. The second-order valence-corrected chi connectivity index (χ2v) is 4.25. The van der Waals surface area contributed by atoms with E-state index in [1.165, 1.54) is 0 Å². The molecule has 0 spiro atoms. The van der Waals surface area contributed by atoms with Gasteiger partial charge in [0.2, 0.25) is 0 Å². The Kier molecular flexibility index (Phi) is 1.65. The fraction of sp³-hybridized carbons (Fsp3) is 0.700. The van der Waals surface area contributed by atoms with E-state index in [0.29, 0.717) is 6.42 Å². The summed E-state index contributed by atoms with van der Waals surface area (Å²) in [6.45, 7) is 0. The maximum absolute atomic E-state index is 10.0. The molecule has 0 aromatic rings. The maximum Gasteiger partial charge on any atom is 0.0706 e. The predicted molar refractivity (Wildman–Crippen MR) is 47.6 cm³/mol. The molecule has 0 aliphatic heterocycles. The minimum atomic E-state index is -0.532. The van der Waals surface area contributed by atoms with E-state index in [1.807, 2.05) is 12.2 Å². The molecule has 2 aliphatic carbocycles. The van der Waals surface area contributed by atoms with E-state index >= 15 is 0 Å². The number of hydrogen-bond acceptors (Lipinski definition) is 2. The van der Waals surface area contributed by atoms with Crippen molar-refractivity contribution in [3.63, 3.8) is 0 Å². The Labute approximate surface area is 72.8 Å². The number of rotatable bonds is 0. The van der Waals surface area contributed by atoms with Crippen LogP contribution in [0.15, 0.2) is 17.9 Å². The summed E-state index contributed by atoms with van der Waals surface area (Å²) in [7, 11) is 0. The lowest BCUT2D eigenvalue weighted by molar-refractivity contribution is 0.0443. The highest BCUT2D eigenvalue weighted by Gasteiger charge is 2.43. The molecule has 2 atom stereocenters. The van der Waals surface area contributed by atoms with Crippen molar-refractivity contribution in [1.82, 2.24) is 0 Å². The highest BCUT2D eigenvalue weighted by molar-refractivity contribution is 5.10. The van der Waals surface area contributed by atoms with Crippen molar-refractivity contribution in [2.24, 2.45) is 5.73 Å². The van der Waals surface area contributed by atoms with Crippen LogP contribution in [0.5, 0.6) is 0 Å². The van der Waals surface area contributed by atoms with Gasteiger partial charge in [-0.1, -0.05) is 0 Å². The summed E-state index contributed by atoms with van der Waals surface area (Å²) < 4.78 is 0. The molecule has 12 heavy (non-hydrogen) atoms. The van der Waals surface area contributed by atoms with Crippen LogP contribution in [-0.2, 0) is 0 Å². The maximum atomic E-state index is 10.0. The molecule has 0 radical (unpaired) electrons. The molecule has 2 bridgehead atoms. The van der Waals surface area contributed by atoms with E-state index in [1.54, 1.807) is 0 Å². The quantitative estimate of drug-likeness (QED) is 0.528. The fourth-order valence-corrected chi connectivity index (χ4v) is 2.26. The molecule has 66 valence electrons. The van der Waals surface area contributed by atoms with E-state index < -0.39 is 5.60 Å². The normalized spacial score (nSPS) is 45.8. The average molecular weight is 165 g/mol. The minimum absolute atomic E-state index is 0.157. The van der Waals surface area contributed by atoms with Crippen LogP contribution in [-0.4, -0.2) is 16.2 Å². The zero-order chi connectivity index (χ0) is 8.66. The smallest absolute Gasteiger partial charge is 0.0706 e. The molecule has 0 amide bonds. The summed E-state index contributed by atoms with van der Waals surface area (Å²) >= 11 is 0. The summed E-state index contributed by atoms with van der Waals surface area (Å²) in [6.07, 6.45) is 8.00. The van der Waals surface area contributed by atoms with Crippen LogP contribution in [0.4, 0.5) is 0 Å². The van der Waals surface area contributed by atoms with Gasteiger partial charge in [-0.2, -0.15) is 0 Å². The average Bonchev–Trinajstić information content (AvgIpc) is 2.28. The molecule has 0 saturated heterocycles. The van der Waals surface area contributed by atoms with Crippen molar-refractivity contribution in [2.75, 3.05) is 0 Å². The Balaban J connectivity index is 2.29. The molecule has 0 heterocycles. The van der Waals surface area contributed by atoms with Crippen LogP contribution in [0.2, 0.25) is 0 Å². The van der Waals surface area contributed by atoms with Crippen molar-refractivity contribution >= 4 is 0 Å². The van der Waals surface area contributed by atoms with Crippen LogP contribution in [0.25, 0.3) is 0 Å². The van der Waals surface area contributed by atoms with E-state index in [9.17, 15) is 5.11 Å². The monoisotopic (exact) mass is 165 g/mol. The van der Waals surface area contributed by atoms with Gasteiger partial charge in [-0.15, -0.1) is 5.73 Å². The molecule has 2 heteroatoms. The molecule has 0 aromatic carbocycles. The SMILES string of the molecule is NC12CC=C=CCC(O)(CC1)C2. The summed E-state index contributed by atoms with van der Waals surface area (Å²) in [5, 5.41) is 10.0. The summed E-state index contributed by atoms with van der Waals surface area (Å²) in [5.41, 5.74) is 8.47. The summed E-state index contributed by atoms with van der Waals surface area (Å²) in [4.78, 5) is 0. The minimum Gasteiger partial charge on any atom is -0.389 e. The van der Waals surface area contributed by atoms with E-state index in [2.05, 4.69) is 5.73 Å². The molecular formula is C10H15NO. The van der Waals surface area contributed by atoms with E-state index in [4.69, 9.17) is 5.73 Å². The van der Waals surface area contributed by atoms with Gasteiger partial charge < -0.3 is 10.8 Å². The predicted octanol–water partition coefficient (Wildman–Crippen LogP) is 1.10. The van der Waals surface area contributed by atoms with Gasteiger partial charge in [-0.05, 0) is 37.8 Å². The Morgan fingerprint density at radius 1 is 1.25 bits per heavy atom.